The SMILES string of the molecule is Cc1ccccc1CN(C(=O)CN(c1cccc(Br)c1)S(C)(=O)=O)[C@@H](C)C(=O)NC(C)(C)C. The van der Waals surface area contributed by atoms with Crippen LogP contribution in [0.5, 0.6) is 0 Å². The highest BCUT2D eigenvalue weighted by Crippen LogP contribution is 2.23. The maximum Gasteiger partial charge on any atom is 0.244 e. The zero-order valence-electron chi connectivity index (χ0n) is 19.9. The summed E-state index contributed by atoms with van der Waals surface area (Å²) in [4.78, 5) is 27.9. The highest BCUT2D eigenvalue weighted by molar-refractivity contribution is 9.10. The largest absolute Gasteiger partial charge is 0.350 e. The first-order valence-electron chi connectivity index (χ1n) is 10.6. The standard InChI is InChI=1S/C24H32BrN3O4S/c1-17-10-7-8-11-19(17)15-27(18(2)23(30)26-24(3,4)5)22(29)16-28(33(6,31)32)21-13-9-12-20(25)14-21/h7-14,18H,15-16H2,1-6H3,(H,26,30)/t18-/m0/s1. The first kappa shape index (κ1) is 26.9. The molecule has 33 heavy (non-hydrogen) atoms. The van der Waals surface area contributed by atoms with Crippen molar-refractivity contribution in [3.05, 3.63) is 64.1 Å². The molecule has 1 N–H and O–H groups in total. The normalized spacial score (nSPS) is 12.7. The van der Waals surface area contributed by atoms with E-state index in [2.05, 4.69) is 21.2 Å². The molecule has 0 saturated carbocycles. The van der Waals surface area contributed by atoms with Crippen LogP contribution >= 0.6 is 15.9 Å². The molecule has 0 radical (unpaired) electrons. The summed E-state index contributed by atoms with van der Waals surface area (Å²) in [6.45, 7) is 8.94. The molecule has 7 nitrogen and oxygen atoms in total. The molecule has 2 amide bonds. The van der Waals surface area contributed by atoms with Crippen LogP contribution in [0.25, 0.3) is 0 Å². The van der Waals surface area contributed by atoms with Crippen molar-refractivity contribution in [3.63, 3.8) is 0 Å². The molecular formula is C24H32BrN3O4S. The van der Waals surface area contributed by atoms with Crippen molar-refractivity contribution in [1.82, 2.24) is 10.2 Å². The van der Waals surface area contributed by atoms with Gasteiger partial charge in [-0.15, -0.1) is 0 Å². The number of hydrogen-bond donors (Lipinski definition) is 1. The number of nitrogens with one attached hydrogen (secondary N) is 1. The summed E-state index contributed by atoms with van der Waals surface area (Å²) in [5, 5.41) is 2.91. The topological polar surface area (TPSA) is 86.8 Å². The molecule has 0 aliphatic rings. The molecule has 0 aliphatic carbocycles. The van der Waals surface area contributed by atoms with Crippen molar-refractivity contribution in [3.8, 4) is 0 Å². The van der Waals surface area contributed by atoms with Gasteiger partial charge in [-0.1, -0.05) is 46.3 Å². The Labute approximate surface area is 205 Å². The minimum Gasteiger partial charge on any atom is -0.350 e. The lowest BCUT2D eigenvalue weighted by atomic mass is 10.1. The Hall–Kier alpha value is -2.39. The second kappa shape index (κ2) is 10.7. The molecule has 2 aromatic carbocycles. The van der Waals surface area contributed by atoms with Gasteiger partial charge in [0.1, 0.15) is 12.6 Å². The Bertz CT molecular complexity index is 1110. The molecule has 0 spiro atoms. The Kier molecular flexibility index (Phi) is 8.70. The Balaban J connectivity index is 2.42. The number of carbonyl (C=O) groups excluding carboxylic acids is 2. The van der Waals surface area contributed by atoms with Gasteiger partial charge in [-0.2, -0.15) is 0 Å². The summed E-state index contributed by atoms with van der Waals surface area (Å²) in [7, 11) is -3.75. The fourth-order valence-electron chi connectivity index (χ4n) is 3.27. The van der Waals surface area contributed by atoms with E-state index < -0.39 is 34.1 Å². The first-order chi connectivity index (χ1) is 15.2. The number of nitrogens with zero attached hydrogens (tertiary/aromatic N) is 2. The van der Waals surface area contributed by atoms with E-state index in [4.69, 9.17) is 0 Å². The fraction of sp³-hybridized carbons (Fsp3) is 0.417. The number of benzene rings is 2. The minimum atomic E-state index is -3.75. The first-order valence-corrected chi connectivity index (χ1v) is 13.2. The van der Waals surface area contributed by atoms with Gasteiger partial charge < -0.3 is 10.2 Å². The van der Waals surface area contributed by atoms with Gasteiger partial charge in [0.25, 0.3) is 0 Å². The molecule has 0 heterocycles. The third-order valence-electron chi connectivity index (χ3n) is 5.04. The number of amides is 2. The van der Waals surface area contributed by atoms with Gasteiger partial charge >= 0.3 is 0 Å². The molecule has 0 unspecified atom stereocenters. The molecule has 0 aromatic heterocycles. The third kappa shape index (κ3) is 7.85. The number of sulfonamides is 1. The summed E-state index contributed by atoms with van der Waals surface area (Å²) >= 11 is 3.34. The molecule has 0 bridgehead atoms. The molecule has 2 rings (SSSR count). The van der Waals surface area contributed by atoms with Gasteiger partial charge in [-0.25, -0.2) is 8.42 Å². The predicted octanol–water partition coefficient (Wildman–Crippen LogP) is 3.86. The fourth-order valence-corrected chi connectivity index (χ4v) is 4.50. The Morgan fingerprint density at radius 2 is 1.73 bits per heavy atom. The number of halogens is 1. The number of hydrogen-bond acceptors (Lipinski definition) is 4. The number of carbonyl (C=O) groups is 2. The predicted molar refractivity (Wildman–Crippen MR) is 135 cm³/mol. The molecular weight excluding hydrogens is 506 g/mol. The summed E-state index contributed by atoms with van der Waals surface area (Å²) in [6.07, 6.45) is 1.06. The lowest BCUT2D eigenvalue weighted by molar-refractivity contribution is -0.140. The number of aryl methyl sites for hydroxylation is 1. The van der Waals surface area contributed by atoms with E-state index in [1.807, 2.05) is 52.0 Å². The van der Waals surface area contributed by atoms with E-state index in [1.54, 1.807) is 31.2 Å². The highest BCUT2D eigenvalue weighted by atomic mass is 79.9. The quantitative estimate of drug-likeness (QED) is 0.553. The maximum absolute atomic E-state index is 13.5. The van der Waals surface area contributed by atoms with Gasteiger partial charge in [0, 0.05) is 16.6 Å². The van der Waals surface area contributed by atoms with Gasteiger partial charge in [0.05, 0.1) is 11.9 Å². The van der Waals surface area contributed by atoms with Crippen LogP contribution in [0.4, 0.5) is 5.69 Å². The van der Waals surface area contributed by atoms with Gasteiger partial charge in [0.2, 0.25) is 21.8 Å². The summed E-state index contributed by atoms with van der Waals surface area (Å²) in [5.74, 6) is -0.780. The van der Waals surface area contributed by atoms with Crippen LogP contribution in [-0.4, -0.2) is 49.5 Å². The van der Waals surface area contributed by atoms with Gasteiger partial charge in [-0.05, 0) is 63.9 Å². The van der Waals surface area contributed by atoms with Gasteiger partial charge in [-0.3, -0.25) is 13.9 Å². The summed E-state index contributed by atoms with van der Waals surface area (Å²) < 4.78 is 26.9. The molecule has 0 aliphatic heterocycles. The van der Waals surface area contributed by atoms with Crippen molar-refractivity contribution in [2.45, 2.75) is 52.7 Å². The molecule has 0 saturated heterocycles. The Morgan fingerprint density at radius 3 is 2.27 bits per heavy atom. The van der Waals surface area contributed by atoms with Crippen LogP contribution in [0.3, 0.4) is 0 Å². The van der Waals surface area contributed by atoms with Gasteiger partial charge in [0.15, 0.2) is 0 Å². The van der Waals surface area contributed by atoms with Crippen LogP contribution in [0.15, 0.2) is 53.0 Å². The van der Waals surface area contributed by atoms with E-state index >= 15 is 0 Å². The van der Waals surface area contributed by atoms with Crippen LogP contribution in [0, 0.1) is 6.92 Å². The van der Waals surface area contributed by atoms with Crippen molar-refractivity contribution >= 4 is 43.5 Å². The van der Waals surface area contributed by atoms with Crippen LogP contribution < -0.4 is 9.62 Å². The van der Waals surface area contributed by atoms with E-state index in [9.17, 15) is 18.0 Å². The van der Waals surface area contributed by atoms with Crippen molar-refractivity contribution < 1.29 is 18.0 Å². The maximum atomic E-state index is 13.5. The third-order valence-corrected chi connectivity index (χ3v) is 6.68. The lowest BCUT2D eigenvalue weighted by Gasteiger charge is -2.33. The molecule has 1 atom stereocenters. The Morgan fingerprint density at radius 1 is 1.09 bits per heavy atom. The van der Waals surface area contributed by atoms with Crippen molar-refractivity contribution in [2.75, 3.05) is 17.1 Å². The smallest absolute Gasteiger partial charge is 0.244 e. The lowest BCUT2D eigenvalue weighted by Crippen LogP contribution is -2.54. The van der Waals surface area contributed by atoms with E-state index in [0.29, 0.717) is 10.2 Å². The van der Waals surface area contributed by atoms with Crippen LogP contribution in [-0.2, 0) is 26.2 Å². The number of rotatable bonds is 8. The minimum absolute atomic E-state index is 0.181. The second-order valence-corrected chi connectivity index (χ2v) is 11.9. The van der Waals surface area contributed by atoms with Crippen molar-refractivity contribution in [2.24, 2.45) is 0 Å². The van der Waals surface area contributed by atoms with Crippen LogP contribution in [0.2, 0.25) is 0 Å². The second-order valence-electron chi connectivity index (χ2n) is 9.11. The molecule has 9 heteroatoms. The summed E-state index contributed by atoms with van der Waals surface area (Å²) in [5.41, 5.74) is 1.75. The monoisotopic (exact) mass is 537 g/mol. The summed E-state index contributed by atoms with van der Waals surface area (Å²) in [6, 6.07) is 13.5. The van der Waals surface area contributed by atoms with E-state index in [0.717, 1.165) is 21.7 Å². The van der Waals surface area contributed by atoms with E-state index in [1.165, 1.54) is 4.90 Å². The van der Waals surface area contributed by atoms with Crippen LogP contribution in [0.1, 0.15) is 38.8 Å². The number of anilines is 1. The zero-order valence-corrected chi connectivity index (χ0v) is 22.3. The molecule has 2 aromatic rings. The molecule has 180 valence electrons. The molecule has 0 fully saturated rings. The van der Waals surface area contributed by atoms with E-state index in [-0.39, 0.29) is 12.5 Å². The highest BCUT2D eigenvalue weighted by Gasteiger charge is 2.31. The van der Waals surface area contributed by atoms with Crippen molar-refractivity contribution in [1.29, 1.82) is 0 Å². The average Bonchev–Trinajstić information content (AvgIpc) is 2.68. The zero-order chi connectivity index (χ0) is 25.0. The average molecular weight is 539 g/mol.